The van der Waals surface area contributed by atoms with Crippen molar-refractivity contribution in [2.45, 2.75) is 13.5 Å². The largest absolute Gasteiger partial charge is 0.494 e. The number of ether oxygens (including phenoxy) is 1. The van der Waals surface area contributed by atoms with Crippen LogP contribution in [0.15, 0.2) is 51.4 Å². The molecule has 1 N–H and O–H groups in total. The molecule has 0 unspecified atom stereocenters. The molecular weight excluding hydrogens is 370 g/mol. The second kappa shape index (κ2) is 6.96. The maximum atomic E-state index is 5.50. The average Bonchev–Trinajstić information content (AvgIpc) is 2.39. The molecule has 2 aromatic rings. The minimum atomic E-state index is 0.687. The van der Waals surface area contributed by atoms with E-state index in [0.717, 1.165) is 26.9 Å². The lowest BCUT2D eigenvalue weighted by atomic mass is 10.2. The summed E-state index contributed by atoms with van der Waals surface area (Å²) in [6, 6.07) is 14.2. The number of hydrogen-bond acceptors (Lipinski definition) is 2. The van der Waals surface area contributed by atoms with Crippen LogP contribution in [0.1, 0.15) is 12.5 Å². The van der Waals surface area contributed by atoms with E-state index in [1.807, 2.05) is 37.3 Å². The molecule has 0 heterocycles. The zero-order valence-electron chi connectivity index (χ0n) is 10.6. The minimum Gasteiger partial charge on any atom is -0.494 e. The number of para-hydroxylation sites is 1. The van der Waals surface area contributed by atoms with Crippen LogP contribution < -0.4 is 10.1 Å². The molecular formula is C15H15Br2NO. The lowest BCUT2D eigenvalue weighted by Gasteiger charge is -2.11. The van der Waals surface area contributed by atoms with Gasteiger partial charge in [0, 0.05) is 15.5 Å². The van der Waals surface area contributed by atoms with Crippen molar-refractivity contribution in [3.63, 3.8) is 0 Å². The monoisotopic (exact) mass is 383 g/mol. The summed E-state index contributed by atoms with van der Waals surface area (Å²) in [6.45, 7) is 3.43. The van der Waals surface area contributed by atoms with Gasteiger partial charge in [0.2, 0.25) is 0 Å². The second-order valence-electron chi connectivity index (χ2n) is 4.03. The van der Waals surface area contributed by atoms with Crippen molar-refractivity contribution >= 4 is 37.5 Å². The van der Waals surface area contributed by atoms with E-state index >= 15 is 0 Å². The van der Waals surface area contributed by atoms with Gasteiger partial charge in [-0.2, -0.15) is 0 Å². The smallest absolute Gasteiger partial charge is 0.119 e. The van der Waals surface area contributed by atoms with E-state index < -0.39 is 0 Å². The summed E-state index contributed by atoms with van der Waals surface area (Å²) >= 11 is 7.09. The minimum absolute atomic E-state index is 0.687. The normalized spacial score (nSPS) is 10.3. The maximum absolute atomic E-state index is 5.50. The Morgan fingerprint density at radius 1 is 1.05 bits per heavy atom. The summed E-state index contributed by atoms with van der Waals surface area (Å²) in [5, 5.41) is 3.42. The Hall–Kier alpha value is -1.00. The predicted molar refractivity (Wildman–Crippen MR) is 86.8 cm³/mol. The highest BCUT2D eigenvalue weighted by molar-refractivity contribution is 9.11. The molecule has 0 radical (unpaired) electrons. The molecule has 0 spiro atoms. The molecule has 0 aliphatic heterocycles. The standard InChI is InChI=1S/C15H15Br2NO/c1-2-19-12-6-3-5-11(9-12)10-18-15-13(16)7-4-8-14(15)17/h3-9,18H,2,10H2,1H3. The molecule has 0 amide bonds. The van der Waals surface area contributed by atoms with E-state index in [1.165, 1.54) is 5.56 Å². The van der Waals surface area contributed by atoms with Crippen molar-refractivity contribution in [1.29, 1.82) is 0 Å². The van der Waals surface area contributed by atoms with Gasteiger partial charge < -0.3 is 10.1 Å². The summed E-state index contributed by atoms with van der Waals surface area (Å²) in [5.41, 5.74) is 2.25. The van der Waals surface area contributed by atoms with E-state index in [4.69, 9.17) is 4.74 Å². The molecule has 19 heavy (non-hydrogen) atoms. The maximum Gasteiger partial charge on any atom is 0.119 e. The van der Waals surface area contributed by atoms with Crippen LogP contribution in [-0.2, 0) is 6.54 Å². The molecule has 0 aromatic heterocycles. The summed E-state index contributed by atoms with van der Waals surface area (Å²) in [7, 11) is 0. The van der Waals surface area contributed by atoms with E-state index in [-0.39, 0.29) is 0 Å². The van der Waals surface area contributed by atoms with Gasteiger partial charge in [0.05, 0.1) is 12.3 Å². The lowest BCUT2D eigenvalue weighted by Crippen LogP contribution is -2.01. The van der Waals surface area contributed by atoms with E-state index in [1.54, 1.807) is 0 Å². The lowest BCUT2D eigenvalue weighted by molar-refractivity contribution is 0.340. The Kier molecular flexibility index (Phi) is 5.28. The van der Waals surface area contributed by atoms with Gasteiger partial charge in [-0.1, -0.05) is 18.2 Å². The van der Waals surface area contributed by atoms with Crippen molar-refractivity contribution in [2.75, 3.05) is 11.9 Å². The van der Waals surface area contributed by atoms with Gasteiger partial charge in [0.25, 0.3) is 0 Å². The molecule has 0 atom stereocenters. The number of hydrogen-bond donors (Lipinski definition) is 1. The topological polar surface area (TPSA) is 21.3 Å². The van der Waals surface area contributed by atoms with Crippen LogP contribution >= 0.6 is 31.9 Å². The summed E-state index contributed by atoms with van der Waals surface area (Å²) in [6.07, 6.45) is 0. The van der Waals surface area contributed by atoms with Crippen LogP contribution in [0.3, 0.4) is 0 Å². The Balaban J connectivity index is 2.08. The van der Waals surface area contributed by atoms with Crippen LogP contribution in [0, 0.1) is 0 Å². The quantitative estimate of drug-likeness (QED) is 0.762. The highest BCUT2D eigenvalue weighted by Gasteiger charge is 2.04. The molecule has 0 bridgehead atoms. The average molecular weight is 385 g/mol. The van der Waals surface area contributed by atoms with Crippen molar-refractivity contribution in [2.24, 2.45) is 0 Å². The zero-order chi connectivity index (χ0) is 13.7. The van der Waals surface area contributed by atoms with Crippen molar-refractivity contribution < 1.29 is 4.74 Å². The molecule has 4 heteroatoms. The fourth-order valence-electron chi connectivity index (χ4n) is 1.77. The summed E-state index contributed by atoms with van der Waals surface area (Å²) < 4.78 is 7.59. The first-order valence-electron chi connectivity index (χ1n) is 6.10. The molecule has 0 aliphatic rings. The van der Waals surface area contributed by atoms with Crippen molar-refractivity contribution in [3.8, 4) is 5.75 Å². The Labute approximate surface area is 130 Å². The van der Waals surface area contributed by atoms with Gasteiger partial charge in [-0.15, -0.1) is 0 Å². The number of halogens is 2. The fraction of sp³-hybridized carbons (Fsp3) is 0.200. The third-order valence-electron chi connectivity index (χ3n) is 2.64. The highest BCUT2D eigenvalue weighted by Crippen LogP contribution is 2.31. The third-order valence-corrected chi connectivity index (χ3v) is 3.96. The summed E-state index contributed by atoms with van der Waals surface area (Å²) in [5.74, 6) is 0.910. The predicted octanol–water partition coefficient (Wildman–Crippen LogP) is 5.22. The first-order chi connectivity index (χ1) is 9.20. The van der Waals surface area contributed by atoms with E-state index in [9.17, 15) is 0 Å². The van der Waals surface area contributed by atoms with E-state index in [0.29, 0.717) is 6.61 Å². The van der Waals surface area contributed by atoms with Crippen LogP contribution in [0.4, 0.5) is 5.69 Å². The molecule has 2 rings (SSSR count). The Morgan fingerprint density at radius 3 is 2.42 bits per heavy atom. The number of nitrogens with one attached hydrogen (secondary N) is 1. The van der Waals surface area contributed by atoms with Crippen LogP contribution in [0.25, 0.3) is 0 Å². The van der Waals surface area contributed by atoms with Gasteiger partial charge >= 0.3 is 0 Å². The highest BCUT2D eigenvalue weighted by atomic mass is 79.9. The van der Waals surface area contributed by atoms with E-state index in [2.05, 4.69) is 49.3 Å². The zero-order valence-corrected chi connectivity index (χ0v) is 13.8. The number of anilines is 1. The van der Waals surface area contributed by atoms with Crippen LogP contribution in [0.2, 0.25) is 0 Å². The first kappa shape index (κ1) is 14.4. The molecule has 2 nitrogen and oxygen atoms in total. The van der Waals surface area contributed by atoms with Crippen molar-refractivity contribution in [1.82, 2.24) is 0 Å². The van der Waals surface area contributed by atoms with Crippen LogP contribution in [-0.4, -0.2) is 6.61 Å². The Bertz CT molecular complexity index is 537. The van der Waals surface area contributed by atoms with Crippen LogP contribution in [0.5, 0.6) is 5.75 Å². The first-order valence-corrected chi connectivity index (χ1v) is 7.69. The third kappa shape index (κ3) is 3.98. The second-order valence-corrected chi connectivity index (χ2v) is 5.74. The number of rotatable bonds is 5. The number of benzene rings is 2. The molecule has 2 aromatic carbocycles. The van der Waals surface area contributed by atoms with Crippen molar-refractivity contribution in [3.05, 3.63) is 57.0 Å². The molecule has 0 aliphatic carbocycles. The van der Waals surface area contributed by atoms with Gasteiger partial charge in [-0.25, -0.2) is 0 Å². The molecule has 0 fully saturated rings. The summed E-state index contributed by atoms with van der Waals surface area (Å²) in [4.78, 5) is 0. The SMILES string of the molecule is CCOc1cccc(CNc2c(Br)cccc2Br)c1. The molecule has 0 saturated carbocycles. The van der Waals surface area contributed by atoms with Gasteiger partial charge in [-0.3, -0.25) is 0 Å². The van der Waals surface area contributed by atoms with Gasteiger partial charge in [0.1, 0.15) is 5.75 Å². The fourth-order valence-corrected chi connectivity index (χ4v) is 3.05. The van der Waals surface area contributed by atoms with Gasteiger partial charge in [-0.05, 0) is 68.6 Å². The molecule has 100 valence electrons. The Morgan fingerprint density at radius 2 is 1.74 bits per heavy atom. The molecule has 0 saturated heterocycles. The van der Waals surface area contributed by atoms with Gasteiger partial charge in [0.15, 0.2) is 0 Å².